The molecule has 2 rings (SSSR count). The van der Waals surface area contributed by atoms with E-state index in [1.165, 1.54) is 57.7 Å². The first-order valence-electron chi connectivity index (χ1n) is 6.59. The van der Waals surface area contributed by atoms with Gasteiger partial charge in [-0.15, -0.1) is 0 Å². The maximum absolute atomic E-state index is 4.18. The minimum Gasteiger partial charge on any atom is -0.372 e. The summed E-state index contributed by atoms with van der Waals surface area (Å²) in [6.45, 7) is 12.6. The molecule has 0 aliphatic carbocycles. The second-order valence-corrected chi connectivity index (χ2v) is 5.19. The topological polar surface area (TPSA) is 9.72 Å². The van der Waals surface area contributed by atoms with Gasteiger partial charge in [0.25, 0.3) is 0 Å². The van der Waals surface area contributed by atoms with Crippen LogP contribution in [-0.4, -0.2) is 67.6 Å². The summed E-state index contributed by atoms with van der Waals surface area (Å²) in [4.78, 5) is 7.42. The fourth-order valence-corrected chi connectivity index (χ4v) is 2.66. The summed E-state index contributed by atoms with van der Waals surface area (Å²) in [6, 6.07) is 0. The Morgan fingerprint density at radius 1 is 1.00 bits per heavy atom. The molecule has 0 aromatic rings. The van der Waals surface area contributed by atoms with Gasteiger partial charge >= 0.3 is 0 Å². The van der Waals surface area contributed by atoms with Gasteiger partial charge in [-0.25, -0.2) is 0 Å². The van der Waals surface area contributed by atoms with Crippen LogP contribution in [0.15, 0.2) is 12.3 Å². The highest BCUT2D eigenvalue weighted by Crippen LogP contribution is 2.12. The average molecular weight is 223 g/mol. The van der Waals surface area contributed by atoms with E-state index in [1.807, 2.05) is 0 Å². The lowest BCUT2D eigenvalue weighted by Gasteiger charge is -2.37. The number of rotatable bonds is 3. The predicted octanol–water partition coefficient (Wildman–Crippen LogP) is 1.23. The van der Waals surface area contributed by atoms with Crippen LogP contribution in [0.4, 0.5) is 0 Å². The van der Waals surface area contributed by atoms with Crippen molar-refractivity contribution in [1.82, 2.24) is 14.7 Å². The summed E-state index contributed by atoms with van der Waals surface area (Å²) in [5.74, 6) is 0. The van der Waals surface area contributed by atoms with E-state index in [1.54, 1.807) is 0 Å². The van der Waals surface area contributed by atoms with Crippen molar-refractivity contribution in [1.29, 1.82) is 0 Å². The molecule has 0 radical (unpaired) electrons. The van der Waals surface area contributed by atoms with E-state index in [9.17, 15) is 0 Å². The predicted molar refractivity (Wildman–Crippen MR) is 68.5 cm³/mol. The highest BCUT2D eigenvalue weighted by atomic mass is 15.3. The van der Waals surface area contributed by atoms with Crippen LogP contribution in [0.1, 0.15) is 19.3 Å². The molecule has 0 bridgehead atoms. The van der Waals surface area contributed by atoms with Crippen LogP contribution in [0.3, 0.4) is 0 Å². The van der Waals surface area contributed by atoms with E-state index in [4.69, 9.17) is 0 Å². The van der Waals surface area contributed by atoms with E-state index in [2.05, 4.69) is 28.3 Å². The second-order valence-electron chi connectivity index (χ2n) is 5.19. The first-order valence-corrected chi connectivity index (χ1v) is 6.59. The van der Waals surface area contributed by atoms with Crippen molar-refractivity contribution >= 4 is 0 Å². The minimum absolute atomic E-state index is 1.04. The number of likely N-dealkylation sites (N-methyl/N-ethyl adjacent to an activating group) is 1. The Morgan fingerprint density at radius 2 is 1.75 bits per heavy atom. The van der Waals surface area contributed by atoms with Crippen LogP contribution in [0.2, 0.25) is 0 Å². The maximum Gasteiger partial charge on any atom is 0.0375 e. The molecular weight excluding hydrogens is 198 g/mol. The number of nitrogens with zero attached hydrogens (tertiary/aromatic N) is 3. The number of piperazine rings is 1. The third kappa shape index (κ3) is 3.22. The van der Waals surface area contributed by atoms with Crippen molar-refractivity contribution in [3.05, 3.63) is 12.3 Å². The smallest absolute Gasteiger partial charge is 0.0375 e. The molecule has 3 heteroatoms. The Balaban J connectivity index is 1.70. The van der Waals surface area contributed by atoms with Crippen LogP contribution in [-0.2, 0) is 0 Å². The highest BCUT2D eigenvalue weighted by molar-refractivity contribution is 5.00. The molecule has 0 N–H and O–H groups in total. The van der Waals surface area contributed by atoms with Gasteiger partial charge in [0.15, 0.2) is 0 Å². The van der Waals surface area contributed by atoms with Gasteiger partial charge < -0.3 is 9.80 Å². The third-order valence-electron chi connectivity index (χ3n) is 3.79. The lowest BCUT2D eigenvalue weighted by atomic mass is 10.1. The van der Waals surface area contributed by atoms with Crippen molar-refractivity contribution in [2.45, 2.75) is 19.3 Å². The molecule has 0 spiro atoms. The van der Waals surface area contributed by atoms with Crippen molar-refractivity contribution in [2.75, 3.05) is 52.9 Å². The van der Waals surface area contributed by atoms with E-state index < -0.39 is 0 Å². The van der Waals surface area contributed by atoms with Crippen LogP contribution >= 0.6 is 0 Å². The largest absolute Gasteiger partial charge is 0.372 e. The number of likely N-dealkylation sites (tertiary alicyclic amines) is 1. The third-order valence-corrected chi connectivity index (χ3v) is 3.79. The zero-order chi connectivity index (χ0) is 11.4. The lowest BCUT2D eigenvalue weighted by Crippen LogP contribution is -2.45. The Morgan fingerprint density at radius 3 is 2.44 bits per heavy atom. The summed E-state index contributed by atoms with van der Waals surface area (Å²) < 4.78 is 0. The Hall–Kier alpha value is -0.540. The molecule has 0 atom stereocenters. The fraction of sp³-hybridized carbons (Fsp3) is 0.846. The Kier molecular flexibility index (Phi) is 4.24. The molecular formula is C13H25N3. The summed E-state index contributed by atoms with van der Waals surface area (Å²) in [5.41, 5.74) is 1.30. The standard InChI is InChI=1S/C13H25N3/c1-13-12-14(2)8-10-16(13)11-9-15-6-4-3-5-7-15/h1,3-12H2,2H3. The molecule has 2 heterocycles. The van der Waals surface area contributed by atoms with Crippen LogP contribution < -0.4 is 0 Å². The monoisotopic (exact) mass is 223 g/mol. The molecule has 16 heavy (non-hydrogen) atoms. The molecule has 0 amide bonds. The van der Waals surface area contributed by atoms with E-state index in [0.29, 0.717) is 0 Å². The second kappa shape index (κ2) is 5.69. The lowest BCUT2D eigenvalue weighted by molar-refractivity contribution is 0.163. The van der Waals surface area contributed by atoms with Gasteiger partial charge in [-0.3, -0.25) is 4.90 Å². The van der Waals surface area contributed by atoms with Crippen molar-refractivity contribution in [3.8, 4) is 0 Å². The Labute approximate surface area is 99.7 Å². The molecule has 3 nitrogen and oxygen atoms in total. The molecule has 0 aromatic carbocycles. The van der Waals surface area contributed by atoms with Crippen molar-refractivity contribution in [3.63, 3.8) is 0 Å². The van der Waals surface area contributed by atoms with Crippen molar-refractivity contribution in [2.24, 2.45) is 0 Å². The van der Waals surface area contributed by atoms with Crippen LogP contribution in [0.5, 0.6) is 0 Å². The van der Waals surface area contributed by atoms with Gasteiger partial charge in [0.2, 0.25) is 0 Å². The minimum atomic E-state index is 1.04. The molecule has 2 aliphatic rings. The molecule has 2 aliphatic heterocycles. The van der Waals surface area contributed by atoms with Gasteiger partial charge in [0, 0.05) is 38.4 Å². The normalized spacial score (nSPS) is 25.1. The highest BCUT2D eigenvalue weighted by Gasteiger charge is 2.17. The van der Waals surface area contributed by atoms with E-state index >= 15 is 0 Å². The molecule has 2 saturated heterocycles. The van der Waals surface area contributed by atoms with Gasteiger partial charge in [-0.2, -0.15) is 0 Å². The van der Waals surface area contributed by atoms with Crippen molar-refractivity contribution < 1.29 is 0 Å². The summed E-state index contributed by atoms with van der Waals surface area (Å²) in [6.07, 6.45) is 4.21. The fourth-order valence-electron chi connectivity index (χ4n) is 2.66. The molecule has 0 unspecified atom stereocenters. The first-order chi connectivity index (χ1) is 7.75. The summed E-state index contributed by atoms with van der Waals surface area (Å²) >= 11 is 0. The van der Waals surface area contributed by atoms with Gasteiger partial charge in [-0.05, 0) is 33.0 Å². The quantitative estimate of drug-likeness (QED) is 0.712. The maximum atomic E-state index is 4.18. The molecule has 92 valence electrons. The SMILES string of the molecule is C=C1CN(C)CCN1CCN1CCCCC1. The number of hydrogen-bond acceptors (Lipinski definition) is 3. The molecule has 0 saturated carbocycles. The Bertz CT molecular complexity index is 233. The zero-order valence-electron chi connectivity index (χ0n) is 10.6. The van der Waals surface area contributed by atoms with Crippen LogP contribution in [0.25, 0.3) is 0 Å². The summed E-state index contributed by atoms with van der Waals surface area (Å²) in [7, 11) is 2.17. The zero-order valence-corrected chi connectivity index (χ0v) is 10.6. The van der Waals surface area contributed by atoms with Gasteiger partial charge in [0.1, 0.15) is 0 Å². The molecule has 2 fully saturated rings. The van der Waals surface area contributed by atoms with Crippen LogP contribution in [0, 0.1) is 0 Å². The first kappa shape index (κ1) is 11.9. The average Bonchev–Trinajstić information content (AvgIpc) is 2.29. The number of piperidine rings is 1. The summed E-state index contributed by atoms with van der Waals surface area (Å²) in [5, 5.41) is 0. The van der Waals surface area contributed by atoms with Gasteiger partial charge in [-0.1, -0.05) is 13.0 Å². The molecule has 0 aromatic heterocycles. The number of hydrogen-bond donors (Lipinski definition) is 0. The van der Waals surface area contributed by atoms with Gasteiger partial charge in [0.05, 0.1) is 0 Å². The van der Waals surface area contributed by atoms with E-state index in [-0.39, 0.29) is 0 Å². The van der Waals surface area contributed by atoms with E-state index in [0.717, 1.165) is 13.1 Å².